The first-order chi connectivity index (χ1) is 13.6. The summed E-state index contributed by atoms with van der Waals surface area (Å²) in [5, 5.41) is 10.8. The number of rotatable bonds is 4. The number of furan rings is 1. The molecule has 1 atom stereocenters. The lowest BCUT2D eigenvalue weighted by Crippen LogP contribution is -2.29. The summed E-state index contributed by atoms with van der Waals surface area (Å²) < 4.78 is 18.7. The number of carbonyl (C=O) groups excluding carboxylic acids is 2. The molecule has 2 aromatic carbocycles. The van der Waals surface area contributed by atoms with Crippen molar-refractivity contribution in [1.29, 1.82) is 0 Å². The Morgan fingerprint density at radius 3 is 2.36 bits per heavy atom. The molecule has 140 valence electrons. The van der Waals surface area contributed by atoms with Crippen LogP contribution >= 0.6 is 0 Å². The van der Waals surface area contributed by atoms with Crippen molar-refractivity contribution in [1.82, 2.24) is 4.90 Å². The van der Waals surface area contributed by atoms with E-state index in [0.717, 1.165) is 0 Å². The van der Waals surface area contributed by atoms with Crippen LogP contribution in [-0.2, 0) is 16.1 Å². The smallest absolute Gasteiger partial charge is 0.296 e. The van der Waals surface area contributed by atoms with Gasteiger partial charge in [0.05, 0.1) is 24.4 Å². The normalized spacial score (nSPS) is 18.6. The van der Waals surface area contributed by atoms with E-state index in [9.17, 15) is 19.1 Å². The summed E-state index contributed by atoms with van der Waals surface area (Å²) in [6.45, 7) is 0.0468. The van der Waals surface area contributed by atoms with E-state index in [-0.39, 0.29) is 17.9 Å². The second-order valence-electron chi connectivity index (χ2n) is 6.42. The first-order valence-electron chi connectivity index (χ1n) is 8.68. The third-order valence-electron chi connectivity index (χ3n) is 4.68. The first kappa shape index (κ1) is 17.7. The predicted molar refractivity (Wildman–Crippen MR) is 99.4 cm³/mol. The number of likely N-dealkylation sites (tertiary alicyclic amines) is 1. The van der Waals surface area contributed by atoms with Crippen molar-refractivity contribution >= 4 is 17.4 Å². The minimum Gasteiger partial charge on any atom is -0.507 e. The molecule has 1 aromatic heterocycles. The molecule has 1 aliphatic heterocycles. The molecule has 0 aliphatic carbocycles. The highest BCUT2D eigenvalue weighted by Gasteiger charge is 2.46. The number of hydrogen-bond acceptors (Lipinski definition) is 4. The molecule has 3 aromatic rings. The van der Waals surface area contributed by atoms with E-state index in [0.29, 0.717) is 16.9 Å². The van der Waals surface area contributed by atoms with E-state index in [1.807, 2.05) is 0 Å². The average molecular weight is 377 g/mol. The minimum absolute atomic E-state index is 0.0330. The highest BCUT2D eigenvalue weighted by atomic mass is 19.1. The monoisotopic (exact) mass is 377 g/mol. The maximum Gasteiger partial charge on any atom is 0.296 e. The fourth-order valence-electron chi connectivity index (χ4n) is 3.36. The molecule has 1 N–H and O–H groups in total. The van der Waals surface area contributed by atoms with Crippen molar-refractivity contribution in [3.63, 3.8) is 0 Å². The number of carbonyl (C=O) groups is 2. The van der Waals surface area contributed by atoms with Gasteiger partial charge in [0.15, 0.2) is 0 Å². The van der Waals surface area contributed by atoms with Crippen LogP contribution in [-0.4, -0.2) is 21.7 Å². The van der Waals surface area contributed by atoms with E-state index >= 15 is 0 Å². The largest absolute Gasteiger partial charge is 0.507 e. The molecule has 6 heteroatoms. The topological polar surface area (TPSA) is 70.8 Å². The van der Waals surface area contributed by atoms with Crippen LogP contribution in [0, 0.1) is 5.82 Å². The summed E-state index contributed by atoms with van der Waals surface area (Å²) in [5.41, 5.74) is 0.907. The molecule has 5 nitrogen and oxygen atoms in total. The minimum atomic E-state index is -0.856. The zero-order valence-electron chi connectivity index (χ0n) is 14.7. The van der Waals surface area contributed by atoms with Crippen molar-refractivity contribution in [3.8, 4) is 0 Å². The third kappa shape index (κ3) is 3.09. The Morgan fingerprint density at radius 2 is 1.71 bits per heavy atom. The highest BCUT2D eigenvalue weighted by molar-refractivity contribution is 6.46. The first-order valence-corrected chi connectivity index (χ1v) is 8.68. The Bertz CT molecular complexity index is 1040. The van der Waals surface area contributed by atoms with Gasteiger partial charge in [-0.3, -0.25) is 9.59 Å². The summed E-state index contributed by atoms with van der Waals surface area (Å²) in [6, 6.07) is 16.6. The van der Waals surface area contributed by atoms with Crippen molar-refractivity contribution in [3.05, 3.63) is 101 Å². The zero-order valence-corrected chi connectivity index (χ0v) is 14.7. The number of aliphatic hydroxyl groups is 1. The number of aliphatic hydroxyl groups excluding tert-OH is 1. The molecular weight excluding hydrogens is 361 g/mol. The van der Waals surface area contributed by atoms with E-state index < -0.39 is 23.5 Å². The number of Topliss-reactive ketones (excluding diaryl/α,β-unsaturated/α-hetero) is 1. The molecule has 0 unspecified atom stereocenters. The van der Waals surface area contributed by atoms with Gasteiger partial charge in [0, 0.05) is 5.56 Å². The average Bonchev–Trinajstić information content (AvgIpc) is 3.31. The molecule has 1 amide bonds. The van der Waals surface area contributed by atoms with Crippen LogP contribution in [0.5, 0.6) is 0 Å². The fraction of sp³-hybridized carbons (Fsp3) is 0.0909. The summed E-state index contributed by atoms with van der Waals surface area (Å²) in [7, 11) is 0. The van der Waals surface area contributed by atoms with Gasteiger partial charge in [0.2, 0.25) is 0 Å². The molecule has 2 heterocycles. The van der Waals surface area contributed by atoms with Crippen LogP contribution in [0.15, 0.2) is 83.0 Å². The lowest BCUT2D eigenvalue weighted by atomic mass is 9.95. The summed E-state index contributed by atoms with van der Waals surface area (Å²) in [5.74, 6) is -1.75. The van der Waals surface area contributed by atoms with Crippen molar-refractivity contribution < 1.29 is 23.5 Å². The van der Waals surface area contributed by atoms with Gasteiger partial charge in [-0.1, -0.05) is 42.5 Å². The molecule has 0 spiro atoms. The van der Waals surface area contributed by atoms with Crippen LogP contribution in [0.4, 0.5) is 4.39 Å². The molecule has 0 radical (unpaired) electrons. The molecule has 0 bridgehead atoms. The Balaban J connectivity index is 1.86. The van der Waals surface area contributed by atoms with Gasteiger partial charge in [0.25, 0.3) is 11.7 Å². The number of halogens is 1. The van der Waals surface area contributed by atoms with Gasteiger partial charge in [-0.05, 0) is 29.8 Å². The van der Waals surface area contributed by atoms with E-state index in [4.69, 9.17) is 4.42 Å². The van der Waals surface area contributed by atoms with Crippen LogP contribution in [0.25, 0.3) is 5.76 Å². The number of hydrogen-bond donors (Lipinski definition) is 1. The molecular formula is C22H16FNO4. The maximum atomic E-state index is 13.4. The number of ketones is 1. The number of amides is 1. The highest BCUT2D eigenvalue weighted by Crippen LogP contribution is 2.40. The Labute approximate surface area is 160 Å². The summed E-state index contributed by atoms with van der Waals surface area (Å²) in [6.07, 6.45) is 1.47. The maximum absolute atomic E-state index is 13.4. The summed E-state index contributed by atoms with van der Waals surface area (Å²) >= 11 is 0. The van der Waals surface area contributed by atoms with Crippen LogP contribution in [0.2, 0.25) is 0 Å². The van der Waals surface area contributed by atoms with Gasteiger partial charge in [-0.15, -0.1) is 0 Å². The van der Waals surface area contributed by atoms with Crippen LogP contribution < -0.4 is 0 Å². The molecule has 1 aliphatic rings. The molecule has 0 saturated carbocycles. The van der Waals surface area contributed by atoms with Crippen molar-refractivity contribution in [2.24, 2.45) is 0 Å². The lowest BCUT2D eigenvalue weighted by Gasteiger charge is -2.24. The van der Waals surface area contributed by atoms with Gasteiger partial charge in [-0.2, -0.15) is 0 Å². The molecule has 28 heavy (non-hydrogen) atoms. The Morgan fingerprint density at radius 1 is 1.00 bits per heavy atom. The molecule has 4 rings (SSSR count). The molecule has 1 saturated heterocycles. The van der Waals surface area contributed by atoms with Crippen LogP contribution in [0.1, 0.15) is 22.9 Å². The quantitative estimate of drug-likeness (QED) is 0.423. The van der Waals surface area contributed by atoms with Crippen LogP contribution in [0.3, 0.4) is 0 Å². The number of nitrogens with zero attached hydrogens (tertiary/aromatic N) is 1. The third-order valence-corrected chi connectivity index (χ3v) is 4.68. The summed E-state index contributed by atoms with van der Waals surface area (Å²) in [4.78, 5) is 26.9. The molecule has 1 fully saturated rings. The zero-order chi connectivity index (χ0) is 19.7. The van der Waals surface area contributed by atoms with Gasteiger partial charge in [-0.25, -0.2) is 4.39 Å². The second kappa shape index (κ2) is 7.15. The van der Waals surface area contributed by atoms with E-state index in [2.05, 4.69) is 0 Å². The van der Waals surface area contributed by atoms with Gasteiger partial charge < -0.3 is 14.4 Å². The SMILES string of the molecule is O=C1C(=O)N(Cc2ccco2)[C@H](c2ccc(F)cc2)/C1=C(\O)c1ccccc1. The number of benzene rings is 2. The van der Waals surface area contributed by atoms with Gasteiger partial charge >= 0.3 is 0 Å². The van der Waals surface area contributed by atoms with E-state index in [1.54, 1.807) is 42.5 Å². The Kier molecular flexibility index (Phi) is 4.53. The van der Waals surface area contributed by atoms with E-state index in [1.165, 1.54) is 35.4 Å². The van der Waals surface area contributed by atoms with Crippen molar-refractivity contribution in [2.45, 2.75) is 12.6 Å². The standard InChI is InChI=1S/C22H16FNO4/c23-16-10-8-14(9-11-16)19-18(20(25)15-5-2-1-3-6-15)21(26)22(27)24(19)13-17-7-4-12-28-17/h1-12,19,25H,13H2/b20-18+/t19-/m1/s1. The van der Waals surface area contributed by atoms with Crippen molar-refractivity contribution in [2.75, 3.05) is 0 Å². The Hall–Kier alpha value is -3.67. The second-order valence-corrected chi connectivity index (χ2v) is 6.42. The van der Waals surface area contributed by atoms with Gasteiger partial charge in [0.1, 0.15) is 17.3 Å². The lowest BCUT2D eigenvalue weighted by molar-refractivity contribution is -0.140. The predicted octanol–water partition coefficient (Wildman–Crippen LogP) is 4.04. The fourth-order valence-corrected chi connectivity index (χ4v) is 3.36.